The van der Waals surface area contributed by atoms with Crippen molar-refractivity contribution < 1.29 is 9.47 Å². The molecule has 1 rings (SSSR count). The van der Waals surface area contributed by atoms with Gasteiger partial charge in [-0.1, -0.05) is 5.21 Å². The summed E-state index contributed by atoms with van der Waals surface area (Å²) < 4.78 is 12.1. The molecular weight excluding hydrogens is 208 g/mol. The fraction of sp³-hybridized carbons (Fsp3) is 0.800. The number of ether oxygens (including phenoxy) is 2. The molecule has 92 valence electrons. The first-order chi connectivity index (χ1) is 7.74. The van der Waals surface area contributed by atoms with Gasteiger partial charge in [-0.05, 0) is 13.3 Å². The van der Waals surface area contributed by atoms with E-state index < -0.39 is 0 Å². The zero-order valence-electron chi connectivity index (χ0n) is 10.1. The van der Waals surface area contributed by atoms with Crippen molar-refractivity contribution in [3.05, 3.63) is 11.4 Å². The number of nitrogens with zero attached hydrogens (tertiary/aromatic N) is 3. The number of aryl methyl sites for hydroxylation is 1. The fourth-order valence-corrected chi connectivity index (χ4v) is 1.58. The van der Waals surface area contributed by atoms with Gasteiger partial charge in [-0.25, -0.2) is 4.68 Å². The van der Waals surface area contributed by atoms with Crippen LogP contribution in [0.25, 0.3) is 0 Å². The monoisotopic (exact) mass is 228 g/mol. The Morgan fingerprint density at radius 3 is 2.75 bits per heavy atom. The molecule has 6 heteroatoms. The van der Waals surface area contributed by atoms with E-state index in [1.54, 1.807) is 14.2 Å². The van der Waals surface area contributed by atoms with Gasteiger partial charge in [0.15, 0.2) is 0 Å². The lowest BCUT2D eigenvalue weighted by Gasteiger charge is -2.13. The Morgan fingerprint density at radius 2 is 2.19 bits per heavy atom. The van der Waals surface area contributed by atoms with E-state index in [0.717, 1.165) is 24.4 Å². The fourth-order valence-electron chi connectivity index (χ4n) is 1.58. The van der Waals surface area contributed by atoms with Crippen LogP contribution in [0.3, 0.4) is 0 Å². The summed E-state index contributed by atoms with van der Waals surface area (Å²) >= 11 is 0. The van der Waals surface area contributed by atoms with Crippen LogP contribution in [0.2, 0.25) is 0 Å². The maximum Gasteiger partial charge on any atom is 0.102 e. The molecule has 0 amide bonds. The molecule has 0 radical (unpaired) electrons. The number of methoxy groups -OCH3 is 2. The summed E-state index contributed by atoms with van der Waals surface area (Å²) in [6, 6.07) is 0. The van der Waals surface area contributed by atoms with Gasteiger partial charge < -0.3 is 15.2 Å². The molecule has 1 aromatic heterocycles. The maximum atomic E-state index is 5.62. The first-order valence-corrected chi connectivity index (χ1v) is 5.38. The summed E-state index contributed by atoms with van der Waals surface area (Å²) in [6.07, 6.45) is 0.851. The summed E-state index contributed by atoms with van der Waals surface area (Å²) in [6.45, 7) is 3.82. The van der Waals surface area contributed by atoms with E-state index in [1.165, 1.54) is 0 Å². The van der Waals surface area contributed by atoms with Crippen molar-refractivity contribution in [2.24, 2.45) is 5.73 Å². The van der Waals surface area contributed by atoms with Gasteiger partial charge >= 0.3 is 0 Å². The van der Waals surface area contributed by atoms with Gasteiger partial charge in [0, 0.05) is 33.9 Å². The normalized spacial score (nSPS) is 13.0. The molecule has 0 saturated heterocycles. The minimum absolute atomic E-state index is 0.0453. The Kier molecular flexibility index (Phi) is 5.37. The van der Waals surface area contributed by atoms with Crippen LogP contribution < -0.4 is 5.73 Å². The highest BCUT2D eigenvalue weighted by atomic mass is 16.5. The zero-order valence-corrected chi connectivity index (χ0v) is 10.1. The second kappa shape index (κ2) is 6.57. The minimum Gasteiger partial charge on any atom is -0.385 e. The van der Waals surface area contributed by atoms with Crippen LogP contribution in [0.1, 0.15) is 30.8 Å². The van der Waals surface area contributed by atoms with E-state index >= 15 is 0 Å². The van der Waals surface area contributed by atoms with E-state index in [9.17, 15) is 0 Å². The molecule has 1 atom stereocenters. The van der Waals surface area contributed by atoms with Crippen LogP contribution in [-0.4, -0.2) is 35.8 Å². The highest BCUT2D eigenvalue weighted by Crippen LogP contribution is 2.18. The van der Waals surface area contributed by atoms with Crippen molar-refractivity contribution in [2.45, 2.75) is 32.5 Å². The molecule has 0 saturated carbocycles. The number of aromatic nitrogens is 3. The molecule has 2 N–H and O–H groups in total. The first kappa shape index (κ1) is 13.1. The SMILES string of the molecule is COCCCn1nnc(CN)c1C(C)OC. The molecule has 0 aliphatic carbocycles. The minimum atomic E-state index is -0.0453. The van der Waals surface area contributed by atoms with Crippen LogP contribution in [0, 0.1) is 0 Å². The van der Waals surface area contributed by atoms with Crippen molar-refractivity contribution in [3.8, 4) is 0 Å². The molecule has 0 aliphatic heterocycles. The molecule has 1 unspecified atom stereocenters. The maximum absolute atomic E-state index is 5.62. The van der Waals surface area contributed by atoms with E-state index in [1.807, 2.05) is 11.6 Å². The molecule has 0 aromatic carbocycles. The molecule has 6 nitrogen and oxygen atoms in total. The Balaban J connectivity index is 2.78. The predicted molar refractivity (Wildman–Crippen MR) is 59.8 cm³/mol. The smallest absolute Gasteiger partial charge is 0.102 e. The molecule has 1 heterocycles. The summed E-state index contributed by atoms with van der Waals surface area (Å²) in [5.74, 6) is 0. The van der Waals surface area contributed by atoms with E-state index in [0.29, 0.717) is 13.2 Å². The average Bonchev–Trinajstić information content (AvgIpc) is 2.71. The standard InChI is InChI=1S/C10H20N4O2/c1-8(16-3)10-9(7-11)12-13-14(10)5-4-6-15-2/h8H,4-7,11H2,1-3H3. The van der Waals surface area contributed by atoms with Crippen molar-refractivity contribution in [1.29, 1.82) is 0 Å². The second-order valence-corrected chi connectivity index (χ2v) is 3.57. The van der Waals surface area contributed by atoms with Gasteiger partial charge in [0.1, 0.15) is 5.69 Å². The third-order valence-corrected chi connectivity index (χ3v) is 2.50. The Morgan fingerprint density at radius 1 is 1.44 bits per heavy atom. The van der Waals surface area contributed by atoms with E-state index in [2.05, 4.69) is 10.3 Å². The van der Waals surface area contributed by atoms with Crippen molar-refractivity contribution in [3.63, 3.8) is 0 Å². The molecular formula is C10H20N4O2. The van der Waals surface area contributed by atoms with Crippen molar-refractivity contribution in [2.75, 3.05) is 20.8 Å². The van der Waals surface area contributed by atoms with Crippen LogP contribution >= 0.6 is 0 Å². The molecule has 0 fully saturated rings. The topological polar surface area (TPSA) is 75.2 Å². The molecule has 0 bridgehead atoms. The Bertz CT molecular complexity index is 314. The lowest BCUT2D eigenvalue weighted by molar-refractivity contribution is 0.109. The van der Waals surface area contributed by atoms with E-state index in [4.69, 9.17) is 15.2 Å². The van der Waals surface area contributed by atoms with Crippen LogP contribution in [-0.2, 0) is 22.6 Å². The van der Waals surface area contributed by atoms with Gasteiger partial charge in [0.2, 0.25) is 0 Å². The summed E-state index contributed by atoms with van der Waals surface area (Å²) in [7, 11) is 3.35. The molecule has 0 spiro atoms. The quantitative estimate of drug-likeness (QED) is 0.687. The van der Waals surface area contributed by atoms with Gasteiger partial charge in [-0.2, -0.15) is 0 Å². The van der Waals surface area contributed by atoms with Gasteiger partial charge in [0.05, 0.1) is 11.8 Å². The van der Waals surface area contributed by atoms with Gasteiger partial charge in [-0.15, -0.1) is 5.10 Å². The second-order valence-electron chi connectivity index (χ2n) is 3.57. The highest BCUT2D eigenvalue weighted by Gasteiger charge is 2.17. The highest BCUT2D eigenvalue weighted by molar-refractivity contribution is 5.12. The van der Waals surface area contributed by atoms with Gasteiger partial charge in [0.25, 0.3) is 0 Å². The lowest BCUT2D eigenvalue weighted by Crippen LogP contribution is -2.13. The van der Waals surface area contributed by atoms with Crippen LogP contribution in [0.4, 0.5) is 0 Å². The predicted octanol–water partition coefficient (Wildman–Crippen LogP) is 0.481. The third kappa shape index (κ3) is 3.01. The number of hydrogen-bond acceptors (Lipinski definition) is 5. The Hall–Kier alpha value is -0.980. The molecule has 16 heavy (non-hydrogen) atoms. The number of nitrogens with two attached hydrogens (primary N) is 1. The third-order valence-electron chi connectivity index (χ3n) is 2.50. The van der Waals surface area contributed by atoms with Crippen molar-refractivity contribution >= 4 is 0 Å². The van der Waals surface area contributed by atoms with E-state index in [-0.39, 0.29) is 6.10 Å². The molecule has 0 aliphatic rings. The van der Waals surface area contributed by atoms with Crippen molar-refractivity contribution in [1.82, 2.24) is 15.0 Å². The zero-order chi connectivity index (χ0) is 12.0. The largest absolute Gasteiger partial charge is 0.385 e. The Labute approximate surface area is 95.7 Å². The summed E-state index contributed by atoms with van der Waals surface area (Å²) in [4.78, 5) is 0. The summed E-state index contributed by atoms with van der Waals surface area (Å²) in [5.41, 5.74) is 7.37. The van der Waals surface area contributed by atoms with Gasteiger partial charge in [-0.3, -0.25) is 0 Å². The molecule has 1 aromatic rings. The first-order valence-electron chi connectivity index (χ1n) is 5.38. The van der Waals surface area contributed by atoms with Crippen LogP contribution in [0.15, 0.2) is 0 Å². The number of rotatable bonds is 7. The number of hydrogen-bond donors (Lipinski definition) is 1. The summed E-state index contributed by atoms with van der Waals surface area (Å²) in [5, 5.41) is 8.13. The average molecular weight is 228 g/mol. The van der Waals surface area contributed by atoms with Crippen LogP contribution in [0.5, 0.6) is 0 Å². The lowest BCUT2D eigenvalue weighted by atomic mass is 10.2.